The van der Waals surface area contributed by atoms with Gasteiger partial charge in [-0.15, -0.1) is 0 Å². The van der Waals surface area contributed by atoms with Gasteiger partial charge in [0.1, 0.15) is 11.5 Å². The zero-order valence-corrected chi connectivity index (χ0v) is 17.7. The van der Waals surface area contributed by atoms with Crippen LogP contribution >= 0.6 is 22.6 Å². The number of rotatable bonds is 7. The first-order valence-corrected chi connectivity index (χ1v) is 10.5. The molecule has 0 spiro atoms. The number of hydrogen-bond donors (Lipinski definition) is 2. The lowest BCUT2D eigenvalue weighted by atomic mass is 9.97. The van der Waals surface area contributed by atoms with Crippen molar-refractivity contribution in [1.29, 1.82) is 0 Å². The normalized spacial score (nSPS) is 14.3. The quantitative estimate of drug-likeness (QED) is 0.337. The molecule has 0 saturated heterocycles. The van der Waals surface area contributed by atoms with Crippen molar-refractivity contribution in [1.82, 2.24) is 10.6 Å². The maximum atomic E-state index is 12.7. The van der Waals surface area contributed by atoms with Gasteiger partial charge >= 0.3 is 0 Å². The van der Waals surface area contributed by atoms with Crippen LogP contribution in [0.25, 0.3) is 6.08 Å². The molecule has 2 amide bonds. The number of halogens is 1. The largest absolute Gasteiger partial charge is 0.451 e. The van der Waals surface area contributed by atoms with Crippen molar-refractivity contribution in [3.05, 3.63) is 74.9 Å². The fourth-order valence-corrected chi connectivity index (χ4v) is 3.49. The molecule has 0 radical (unpaired) electrons. The van der Waals surface area contributed by atoms with Crippen molar-refractivity contribution >= 4 is 40.5 Å². The number of amides is 2. The highest BCUT2D eigenvalue weighted by Crippen LogP contribution is 2.19. The molecule has 0 unspecified atom stereocenters. The Balaban J connectivity index is 1.68. The summed E-state index contributed by atoms with van der Waals surface area (Å²) in [6.07, 6.45) is 9.36. The lowest BCUT2D eigenvalue weighted by Crippen LogP contribution is -2.35. The molecule has 1 aromatic carbocycles. The van der Waals surface area contributed by atoms with E-state index < -0.39 is 0 Å². The van der Waals surface area contributed by atoms with Crippen LogP contribution < -0.4 is 10.6 Å². The first-order chi connectivity index (χ1) is 13.6. The van der Waals surface area contributed by atoms with E-state index in [1.54, 1.807) is 42.5 Å². The summed E-state index contributed by atoms with van der Waals surface area (Å²) in [6, 6.07) is 12.4. The van der Waals surface area contributed by atoms with Crippen LogP contribution in [0, 0.1) is 3.77 Å². The number of allylic oxidation sites excluding steroid dienone is 1. The molecule has 1 aromatic heterocycles. The van der Waals surface area contributed by atoms with Crippen LogP contribution in [-0.4, -0.2) is 18.4 Å². The van der Waals surface area contributed by atoms with Gasteiger partial charge in [0.25, 0.3) is 11.8 Å². The van der Waals surface area contributed by atoms with Crippen molar-refractivity contribution < 1.29 is 14.0 Å². The average Bonchev–Trinajstić information content (AvgIpc) is 3.13. The van der Waals surface area contributed by atoms with Crippen LogP contribution in [0.3, 0.4) is 0 Å². The molecule has 0 bridgehead atoms. The zero-order valence-electron chi connectivity index (χ0n) is 15.5. The molecule has 0 atom stereocenters. The Labute approximate surface area is 178 Å². The third kappa shape index (κ3) is 6.09. The van der Waals surface area contributed by atoms with E-state index in [-0.39, 0.29) is 17.5 Å². The maximum absolute atomic E-state index is 12.7. The molecule has 146 valence electrons. The van der Waals surface area contributed by atoms with E-state index in [2.05, 4.69) is 39.3 Å². The highest BCUT2D eigenvalue weighted by molar-refractivity contribution is 14.1. The minimum Gasteiger partial charge on any atom is -0.451 e. The standard InChI is InChI=1S/C22H23IN2O3/c23-20-12-11-18(28-20)15-19(25-21(26)17-9-5-2-6-10-17)22(27)24-14-13-16-7-3-1-4-8-16/h2,5-7,9-12,15H,1,3-4,8,13-14H2,(H,24,27)(H,25,26)/b19-15+. The van der Waals surface area contributed by atoms with Crippen molar-refractivity contribution in [2.24, 2.45) is 0 Å². The molecule has 0 fully saturated rings. The second kappa shape index (κ2) is 10.3. The fraction of sp³-hybridized carbons (Fsp3) is 0.273. The average molecular weight is 490 g/mol. The summed E-state index contributed by atoms with van der Waals surface area (Å²) < 4.78 is 6.23. The SMILES string of the molecule is O=C(NCCC1=CCCCC1)/C(=C\c1ccc(I)o1)NC(=O)c1ccccc1. The van der Waals surface area contributed by atoms with Crippen molar-refractivity contribution in [2.75, 3.05) is 6.54 Å². The van der Waals surface area contributed by atoms with Crippen LogP contribution in [0.2, 0.25) is 0 Å². The molecule has 1 aliphatic rings. The smallest absolute Gasteiger partial charge is 0.267 e. The minimum atomic E-state index is -0.335. The number of hydrogen-bond acceptors (Lipinski definition) is 3. The van der Waals surface area contributed by atoms with Gasteiger partial charge in [-0.05, 0) is 79.0 Å². The Bertz CT molecular complexity index is 884. The van der Waals surface area contributed by atoms with Gasteiger partial charge < -0.3 is 15.1 Å². The summed E-state index contributed by atoms with van der Waals surface area (Å²) in [7, 11) is 0. The fourth-order valence-electron chi connectivity index (χ4n) is 3.05. The summed E-state index contributed by atoms with van der Waals surface area (Å²) >= 11 is 2.06. The number of carbonyl (C=O) groups is 2. The molecule has 0 saturated carbocycles. The lowest BCUT2D eigenvalue weighted by molar-refractivity contribution is -0.117. The van der Waals surface area contributed by atoms with E-state index in [0.717, 1.165) is 19.3 Å². The number of carbonyl (C=O) groups excluding carboxylic acids is 2. The topological polar surface area (TPSA) is 71.3 Å². The highest BCUT2D eigenvalue weighted by atomic mass is 127. The Morgan fingerprint density at radius 1 is 1.11 bits per heavy atom. The summed E-state index contributed by atoms with van der Waals surface area (Å²) in [5, 5.41) is 5.62. The Morgan fingerprint density at radius 2 is 1.93 bits per heavy atom. The monoisotopic (exact) mass is 490 g/mol. The number of nitrogens with one attached hydrogen (secondary N) is 2. The van der Waals surface area contributed by atoms with E-state index in [9.17, 15) is 9.59 Å². The second-order valence-electron chi connectivity index (χ2n) is 6.63. The highest BCUT2D eigenvalue weighted by Gasteiger charge is 2.15. The van der Waals surface area contributed by atoms with Gasteiger partial charge in [0.05, 0.1) is 0 Å². The molecule has 3 rings (SSSR count). The molecule has 28 heavy (non-hydrogen) atoms. The molecular weight excluding hydrogens is 467 g/mol. The minimum absolute atomic E-state index is 0.164. The molecule has 1 heterocycles. The van der Waals surface area contributed by atoms with Gasteiger partial charge in [-0.3, -0.25) is 9.59 Å². The third-order valence-electron chi connectivity index (χ3n) is 4.53. The molecule has 0 aliphatic heterocycles. The van der Waals surface area contributed by atoms with Crippen molar-refractivity contribution in [3.8, 4) is 0 Å². The van der Waals surface area contributed by atoms with Gasteiger partial charge in [0, 0.05) is 18.2 Å². The summed E-state index contributed by atoms with van der Waals surface area (Å²) in [5.41, 5.74) is 2.05. The van der Waals surface area contributed by atoms with Crippen molar-refractivity contribution in [3.63, 3.8) is 0 Å². The van der Waals surface area contributed by atoms with Gasteiger partial charge in [-0.2, -0.15) is 0 Å². The number of furan rings is 1. The predicted molar refractivity (Wildman–Crippen MR) is 117 cm³/mol. The van der Waals surface area contributed by atoms with Gasteiger partial charge in [-0.25, -0.2) is 0 Å². The Kier molecular flexibility index (Phi) is 7.47. The van der Waals surface area contributed by atoms with Gasteiger partial charge in [-0.1, -0.05) is 29.8 Å². The van der Waals surface area contributed by atoms with Crippen LogP contribution in [0.5, 0.6) is 0 Å². The first-order valence-electron chi connectivity index (χ1n) is 9.41. The summed E-state index contributed by atoms with van der Waals surface area (Å²) in [6.45, 7) is 0.541. The van der Waals surface area contributed by atoms with E-state index >= 15 is 0 Å². The summed E-state index contributed by atoms with van der Waals surface area (Å²) in [5.74, 6) is -0.150. The van der Waals surface area contributed by atoms with Crippen LogP contribution in [0.4, 0.5) is 0 Å². The maximum Gasteiger partial charge on any atom is 0.267 e. The van der Waals surface area contributed by atoms with Gasteiger partial charge in [0.2, 0.25) is 0 Å². The van der Waals surface area contributed by atoms with E-state index in [4.69, 9.17) is 4.42 Å². The second-order valence-corrected chi connectivity index (χ2v) is 7.70. The number of benzene rings is 1. The van der Waals surface area contributed by atoms with Crippen molar-refractivity contribution in [2.45, 2.75) is 32.1 Å². The lowest BCUT2D eigenvalue weighted by Gasteiger charge is -2.14. The first kappa shape index (κ1) is 20.4. The zero-order chi connectivity index (χ0) is 19.8. The molecule has 2 N–H and O–H groups in total. The predicted octanol–water partition coefficient (Wildman–Crippen LogP) is 4.66. The van der Waals surface area contributed by atoms with E-state index in [1.165, 1.54) is 18.4 Å². The van der Waals surface area contributed by atoms with Gasteiger partial charge in [0.15, 0.2) is 3.77 Å². The summed E-state index contributed by atoms with van der Waals surface area (Å²) in [4.78, 5) is 25.2. The van der Waals surface area contributed by atoms with E-state index in [0.29, 0.717) is 21.6 Å². The molecular formula is C22H23IN2O3. The Morgan fingerprint density at radius 3 is 2.61 bits per heavy atom. The Hall–Kier alpha value is -2.35. The molecule has 6 heteroatoms. The molecule has 1 aliphatic carbocycles. The van der Waals surface area contributed by atoms with Crippen LogP contribution in [-0.2, 0) is 4.79 Å². The molecule has 2 aromatic rings. The third-order valence-corrected chi connectivity index (χ3v) is 5.11. The van der Waals surface area contributed by atoms with Crippen LogP contribution in [0.15, 0.2) is 64.2 Å². The molecule has 5 nitrogen and oxygen atoms in total. The van der Waals surface area contributed by atoms with Crippen LogP contribution in [0.1, 0.15) is 48.2 Å². The van der Waals surface area contributed by atoms with E-state index in [1.807, 2.05) is 6.07 Å².